The van der Waals surface area contributed by atoms with E-state index in [0.29, 0.717) is 0 Å². The summed E-state index contributed by atoms with van der Waals surface area (Å²) in [6, 6.07) is 22.9. The molecule has 0 atom stereocenters. The summed E-state index contributed by atoms with van der Waals surface area (Å²) >= 11 is 0. The molecule has 0 bridgehead atoms. The Morgan fingerprint density at radius 1 is 0.848 bits per heavy atom. The Morgan fingerprint density at radius 2 is 1.63 bits per heavy atom. The van der Waals surface area contributed by atoms with Crippen molar-refractivity contribution in [3.63, 3.8) is 0 Å². The number of hydrogen-bond acceptors (Lipinski definition) is 4. The van der Waals surface area contributed by atoms with Gasteiger partial charge in [-0.25, -0.2) is 0 Å². The normalized spacial score (nSPS) is 20.0. The number of benzene rings is 3. The highest BCUT2D eigenvalue weighted by Gasteiger charge is 2.44. The summed E-state index contributed by atoms with van der Waals surface area (Å²) in [7, 11) is 1.73. The Kier molecular flexibility index (Phi) is 8.56. The average molecular weight is 616 g/mol. The molecule has 6 rings (SSSR count). The quantitative estimate of drug-likeness (QED) is 0.244. The van der Waals surface area contributed by atoms with Crippen molar-refractivity contribution in [3.8, 4) is 11.5 Å². The zero-order valence-corrected chi connectivity index (χ0v) is 28.4. The van der Waals surface area contributed by atoms with Gasteiger partial charge in [0.15, 0.2) is 5.71 Å². The van der Waals surface area contributed by atoms with Gasteiger partial charge in [0.1, 0.15) is 23.8 Å². The molecule has 3 aromatic carbocycles. The van der Waals surface area contributed by atoms with E-state index in [1.54, 1.807) is 7.11 Å². The maximum Gasteiger partial charge on any atom is 0.209 e. The van der Waals surface area contributed by atoms with E-state index >= 15 is 0 Å². The van der Waals surface area contributed by atoms with E-state index in [1.165, 1.54) is 45.1 Å². The van der Waals surface area contributed by atoms with Crippen molar-refractivity contribution in [3.05, 3.63) is 130 Å². The molecule has 238 valence electrons. The summed E-state index contributed by atoms with van der Waals surface area (Å²) in [5, 5.41) is 9.82. The molecule has 0 radical (unpaired) electrons. The number of rotatable bonds is 9. The van der Waals surface area contributed by atoms with Crippen LogP contribution in [0.25, 0.3) is 0 Å². The zero-order valence-electron chi connectivity index (χ0n) is 28.4. The minimum absolute atomic E-state index is 0.0481. The summed E-state index contributed by atoms with van der Waals surface area (Å²) in [6.45, 7) is 15.4. The number of hydrogen-bond donors (Lipinski definition) is 1. The average Bonchev–Trinajstić information content (AvgIpc) is 3.62. The third-order valence-corrected chi connectivity index (χ3v) is 9.97. The lowest BCUT2D eigenvalue weighted by atomic mass is 9.80. The van der Waals surface area contributed by atoms with Crippen molar-refractivity contribution in [1.82, 2.24) is 0 Å². The fraction of sp³-hybridized carbons (Fsp3) is 0.341. The molecule has 3 aliphatic rings. The first kappa shape index (κ1) is 31.6. The number of aliphatic hydroxyl groups is 1. The van der Waals surface area contributed by atoms with E-state index in [2.05, 4.69) is 106 Å². The molecule has 0 saturated carbocycles. The van der Waals surface area contributed by atoms with Crippen LogP contribution in [-0.4, -0.2) is 35.6 Å². The largest absolute Gasteiger partial charge is 0.497 e. The van der Waals surface area contributed by atoms with Crippen molar-refractivity contribution in [1.29, 1.82) is 0 Å². The Labute approximate surface area is 274 Å². The molecule has 0 fully saturated rings. The van der Waals surface area contributed by atoms with Crippen LogP contribution in [0.4, 0.5) is 11.4 Å². The molecule has 5 heteroatoms. The summed E-state index contributed by atoms with van der Waals surface area (Å²) in [4.78, 5) is 2.42. The van der Waals surface area contributed by atoms with Crippen molar-refractivity contribution < 1.29 is 19.2 Å². The van der Waals surface area contributed by atoms with Crippen LogP contribution >= 0.6 is 0 Å². The number of fused-ring (bicyclic) bond motifs is 2. The van der Waals surface area contributed by atoms with E-state index in [1.807, 2.05) is 36.4 Å². The number of methoxy groups -OCH3 is 1. The molecule has 46 heavy (non-hydrogen) atoms. The van der Waals surface area contributed by atoms with Crippen LogP contribution in [0.15, 0.2) is 114 Å². The standard InChI is InChI=1S/C41H47N2O3/c1-8-42-35-21-15-28(27-44)25-33(35)40(3,4)37(42)23-18-29-16-17-30(39(29)46-31-13-11-10-12-14-31)19-24-38-41(5,6)34-26-32(45-7)20-22-36(34)43(38)9-2/h10-15,18-26,44H,8-9,16-17,27H2,1-7H3/q+1. The molecule has 5 nitrogen and oxygen atoms in total. The van der Waals surface area contributed by atoms with E-state index < -0.39 is 0 Å². The predicted molar refractivity (Wildman–Crippen MR) is 189 cm³/mol. The molecule has 1 N–H and O–H groups in total. The van der Waals surface area contributed by atoms with Crippen LogP contribution in [0.5, 0.6) is 11.5 Å². The van der Waals surface area contributed by atoms with Gasteiger partial charge < -0.3 is 19.5 Å². The van der Waals surface area contributed by atoms with Crippen LogP contribution in [-0.2, 0) is 17.4 Å². The number of anilines is 1. The molecular weight excluding hydrogens is 568 g/mol. The molecule has 1 aliphatic carbocycles. The number of likely N-dealkylation sites (N-methyl/N-ethyl adjacent to an activating group) is 1. The van der Waals surface area contributed by atoms with Crippen LogP contribution in [0, 0.1) is 0 Å². The van der Waals surface area contributed by atoms with Gasteiger partial charge in [-0.15, -0.1) is 0 Å². The smallest absolute Gasteiger partial charge is 0.209 e. The van der Waals surface area contributed by atoms with Crippen molar-refractivity contribution in [2.24, 2.45) is 0 Å². The van der Waals surface area contributed by atoms with E-state index in [9.17, 15) is 5.11 Å². The van der Waals surface area contributed by atoms with E-state index in [4.69, 9.17) is 9.47 Å². The second kappa shape index (κ2) is 12.4. The second-order valence-corrected chi connectivity index (χ2v) is 13.4. The first-order valence-corrected chi connectivity index (χ1v) is 16.5. The lowest BCUT2D eigenvalue weighted by Gasteiger charge is -2.26. The minimum atomic E-state index is -0.189. The Morgan fingerprint density at radius 3 is 2.33 bits per heavy atom. The Balaban J connectivity index is 1.40. The molecule has 0 saturated heterocycles. The highest BCUT2D eigenvalue weighted by Crippen LogP contribution is 2.49. The monoisotopic (exact) mass is 615 g/mol. The van der Waals surface area contributed by atoms with Crippen molar-refractivity contribution in [2.45, 2.75) is 71.8 Å². The highest BCUT2D eigenvalue weighted by atomic mass is 16.5. The first-order valence-electron chi connectivity index (χ1n) is 16.5. The van der Waals surface area contributed by atoms with Crippen LogP contribution in [0.1, 0.15) is 71.1 Å². The summed E-state index contributed by atoms with van der Waals surface area (Å²) in [6.07, 6.45) is 11.0. The number of nitrogens with zero attached hydrogens (tertiary/aromatic N) is 2. The van der Waals surface area contributed by atoms with Gasteiger partial charge in [0.2, 0.25) is 5.69 Å². The molecule has 2 aliphatic heterocycles. The van der Waals surface area contributed by atoms with Crippen molar-refractivity contribution >= 4 is 17.1 Å². The highest BCUT2D eigenvalue weighted by molar-refractivity contribution is 6.03. The topological polar surface area (TPSA) is 44.9 Å². The number of ether oxygens (including phenoxy) is 2. The van der Waals surface area contributed by atoms with Gasteiger partial charge in [0, 0.05) is 41.1 Å². The zero-order chi connectivity index (χ0) is 32.6. The maximum absolute atomic E-state index is 9.82. The van der Waals surface area contributed by atoms with Gasteiger partial charge in [-0.1, -0.05) is 44.2 Å². The lowest BCUT2D eigenvalue weighted by molar-refractivity contribution is -0.433. The fourth-order valence-corrected chi connectivity index (χ4v) is 7.40. The molecular formula is C41H47N2O3+. The summed E-state index contributed by atoms with van der Waals surface area (Å²) < 4.78 is 14.7. The SMILES string of the molecule is CCN1/C(=C/C=C2\CCC(/C=C/C3=[N+](CC)c4ccc(CO)cc4C3(C)C)=C2Oc2ccccc2)C(C)(C)c2cc(OC)ccc21. The molecule has 0 amide bonds. The maximum atomic E-state index is 9.82. The second-order valence-electron chi connectivity index (χ2n) is 13.4. The van der Waals surface area contributed by atoms with Gasteiger partial charge >= 0.3 is 0 Å². The van der Waals surface area contributed by atoms with Gasteiger partial charge in [0.25, 0.3) is 0 Å². The Bertz CT molecular complexity index is 1800. The van der Waals surface area contributed by atoms with Gasteiger partial charge in [-0.05, 0) is 111 Å². The number of para-hydroxylation sites is 1. The minimum Gasteiger partial charge on any atom is -0.497 e. The molecule has 3 aromatic rings. The summed E-state index contributed by atoms with van der Waals surface area (Å²) in [5.41, 5.74) is 10.5. The summed E-state index contributed by atoms with van der Waals surface area (Å²) in [5.74, 6) is 2.67. The third kappa shape index (κ3) is 5.41. The predicted octanol–water partition coefficient (Wildman–Crippen LogP) is 8.89. The third-order valence-electron chi connectivity index (χ3n) is 9.97. The van der Waals surface area contributed by atoms with Crippen LogP contribution < -0.4 is 14.4 Å². The van der Waals surface area contributed by atoms with E-state index in [-0.39, 0.29) is 17.4 Å². The fourth-order valence-electron chi connectivity index (χ4n) is 7.40. The van der Waals surface area contributed by atoms with Gasteiger partial charge in [-0.2, -0.15) is 4.58 Å². The van der Waals surface area contributed by atoms with Gasteiger partial charge in [0.05, 0.1) is 19.1 Å². The van der Waals surface area contributed by atoms with Crippen LogP contribution in [0.3, 0.4) is 0 Å². The number of aliphatic hydroxyl groups excluding tert-OH is 1. The van der Waals surface area contributed by atoms with E-state index in [0.717, 1.165) is 48.8 Å². The Hall–Kier alpha value is -4.35. The van der Waals surface area contributed by atoms with Crippen LogP contribution in [0.2, 0.25) is 0 Å². The van der Waals surface area contributed by atoms with Gasteiger partial charge in [-0.3, -0.25) is 0 Å². The molecule has 0 aromatic heterocycles. The first-order chi connectivity index (χ1) is 22.1. The molecule has 2 heterocycles. The molecule has 0 spiro atoms. The lowest BCUT2D eigenvalue weighted by Crippen LogP contribution is -2.27. The number of allylic oxidation sites excluding steroid dienone is 7. The van der Waals surface area contributed by atoms with Crippen molar-refractivity contribution in [2.75, 3.05) is 25.1 Å². The molecule has 0 unspecified atom stereocenters.